The molecule has 0 aliphatic carbocycles. The predicted octanol–water partition coefficient (Wildman–Crippen LogP) is 2.19. The Morgan fingerprint density at radius 1 is 1.25 bits per heavy atom. The van der Waals surface area contributed by atoms with Crippen LogP contribution in [0.15, 0.2) is 23.1 Å². The fraction of sp³-hybridized carbons (Fsp3) is 0.500. The van der Waals surface area contributed by atoms with E-state index in [9.17, 15) is 8.42 Å². The molecule has 0 aliphatic rings. The molecule has 0 heterocycles. The minimum Gasteiger partial charge on any atom is -0.225 e. The zero-order valence-corrected chi connectivity index (χ0v) is 11.1. The molecule has 0 bridgehead atoms. The second kappa shape index (κ2) is 4.18. The van der Waals surface area contributed by atoms with Crippen LogP contribution in [0.3, 0.4) is 0 Å². The van der Waals surface area contributed by atoms with Gasteiger partial charge in [-0.05, 0) is 29.0 Å². The number of nitrogens with two attached hydrogens (primary N) is 1. The molecule has 0 unspecified atom stereocenters. The van der Waals surface area contributed by atoms with E-state index < -0.39 is 10.0 Å². The van der Waals surface area contributed by atoms with Crippen LogP contribution in [0.2, 0.25) is 0 Å². The third kappa shape index (κ3) is 2.83. The standard InChI is InChI=1S/C12H19NO2S/c1-5-9-8-10(12(2,3)4)6-7-11(9)16(13,14)15/h6-8H,5H2,1-4H3,(H2,13,14,15). The molecular weight excluding hydrogens is 222 g/mol. The van der Waals surface area contributed by atoms with E-state index in [2.05, 4.69) is 20.8 Å². The van der Waals surface area contributed by atoms with Crippen molar-refractivity contribution in [2.75, 3.05) is 0 Å². The zero-order valence-electron chi connectivity index (χ0n) is 10.2. The predicted molar refractivity (Wildman–Crippen MR) is 65.9 cm³/mol. The molecule has 4 heteroatoms. The van der Waals surface area contributed by atoms with Crippen molar-refractivity contribution >= 4 is 10.0 Å². The third-order valence-corrected chi connectivity index (χ3v) is 3.63. The van der Waals surface area contributed by atoms with Crippen molar-refractivity contribution in [3.05, 3.63) is 29.3 Å². The molecule has 0 aromatic heterocycles. The molecule has 0 aliphatic heterocycles. The number of hydrogen-bond acceptors (Lipinski definition) is 2. The van der Waals surface area contributed by atoms with Gasteiger partial charge in [0, 0.05) is 0 Å². The molecule has 16 heavy (non-hydrogen) atoms. The second-order valence-corrected chi connectivity index (χ2v) is 6.50. The molecule has 0 radical (unpaired) electrons. The van der Waals surface area contributed by atoms with Crippen molar-refractivity contribution in [2.45, 2.75) is 44.4 Å². The fourth-order valence-electron chi connectivity index (χ4n) is 1.60. The van der Waals surface area contributed by atoms with E-state index in [-0.39, 0.29) is 10.3 Å². The van der Waals surface area contributed by atoms with Gasteiger partial charge in [-0.3, -0.25) is 0 Å². The lowest BCUT2D eigenvalue weighted by atomic mass is 9.86. The van der Waals surface area contributed by atoms with Gasteiger partial charge in [-0.2, -0.15) is 0 Å². The summed E-state index contributed by atoms with van der Waals surface area (Å²) in [5.74, 6) is 0. The third-order valence-electron chi connectivity index (χ3n) is 2.61. The second-order valence-electron chi connectivity index (χ2n) is 4.97. The van der Waals surface area contributed by atoms with E-state index in [1.165, 1.54) is 0 Å². The fourth-order valence-corrected chi connectivity index (χ4v) is 2.43. The summed E-state index contributed by atoms with van der Waals surface area (Å²) >= 11 is 0. The van der Waals surface area contributed by atoms with Gasteiger partial charge in [-0.15, -0.1) is 0 Å². The summed E-state index contributed by atoms with van der Waals surface area (Å²) in [6.45, 7) is 8.21. The van der Waals surface area contributed by atoms with Crippen molar-refractivity contribution < 1.29 is 8.42 Å². The van der Waals surface area contributed by atoms with Crippen LogP contribution in [0.5, 0.6) is 0 Å². The first kappa shape index (κ1) is 13.2. The number of sulfonamides is 1. The molecule has 0 atom stereocenters. The molecule has 2 N–H and O–H groups in total. The molecule has 0 saturated heterocycles. The SMILES string of the molecule is CCc1cc(C(C)(C)C)ccc1S(N)(=O)=O. The molecule has 1 aromatic rings. The maximum Gasteiger partial charge on any atom is 0.238 e. The van der Waals surface area contributed by atoms with E-state index in [0.29, 0.717) is 6.42 Å². The largest absolute Gasteiger partial charge is 0.238 e. The van der Waals surface area contributed by atoms with Crippen molar-refractivity contribution in [2.24, 2.45) is 5.14 Å². The Balaban J connectivity index is 3.40. The number of rotatable bonds is 2. The Bertz CT molecular complexity index is 484. The van der Waals surface area contributed by atoms with Crippen molar-refractivity contribution in [3.8, 4) is 0 Å². The number of primary sulfonamides is 1. The molecule has 0 amide bonds. The van der Waals surface area contributed by atoms with Crippen molar-refractivity contribution in [3.63, 3.8) is 0 Å². The van der Waals surface area contributed by atoms with Gasteiger partial charge in [0.05, 0.1) is 4.90 Å². The Kier molecular flexibility index (Phi) is 3.45. The highest BCUT2D eigenvalue weighted by atomic mass is 32.2. The highest BCUT2D eigenvalue weighted by molar-refractivity contribution is 7.89. The number of benzene rings is 1. The Labute approximate surface area is 97.7 Å². The van der Waals surface area contributed by atoms with E-state index in [1.54, 1.807) is 6.07 Å². The molecule has 0 fully saturated rings. The van der Waals surface area contributed by atoms with Gasteiger partial charge < -0.3 is 0 Å². The maximum absolute atomic E-state index is 11.4. The van der Waals surface area contributed by atoms with E-state index >= 15 is 0 Å². The lowest BCUT2D eigenvalue weighted by Crippen LogP contribution is -2.17. The first-order valence-electron chi connectivity index (χ1n) is 5.32. The normalized spacial score (nSPS) is 12.8. The maximum atomic E-state index is 11.4. The van der Waals surface area contributed by atoms with Crippen LogP contribution < -0.4 is 5.14 Å². The average Bonchev–Trinajstić information content (AvgIpc) is 2.14. The van der Waals surface area contributed by atoms with Gasteiger partial charge in [-0.1, -0.05) is 39.8 Å². The van der Waals surface area contributed by atoms with Gasteiger partial charge >= 0.3 is 0 Å². The number of aryl methyl sites for hydroxylation is 1. The minimum atomic E-state index is -3.61. The first-order chi connectivity index (χ1) is 7.16. The molecular formula is C12H19NO2S. The lowest BCUT2D eigenvalue weighted by Gasteiger charge is -2.20. The highest BCUT2D eigenvalue weighted by Crippen LogP contribution is 2.26. The van der Waals surface area contributed by atoms with Gasteiger partial charge in [0.2, 0.25) is 10.0 Å². The first-order valence-corrected chi connectivity index (χ1v) is 6.87. The summed E-state index contributed by atoms with van der Waals surface area (Å²) in [4.78, 5) is 0.239. The summed E-state index contributed by atoms with van der Waals surface area (Å²) in [6, 6.07) is 5.37. The van der Waals surface area contributed by atoms with Gasteiger partial charge in [-0.25, -0.2) is 13.6 Å². The molecule has 3 nitrogen and oxygen atoms in total. The van der Waals surface area contributed by atoms with E-state index in [1.807, 2.05) is 19.1 Å². The van der Waals surface area contributed by atoms with Crippen LogP contribution in [0.25, 0.3) is 0 Å². The van der Waals surface area contributed by atoms with Gasteiger partial charge in [0.15, 0.2) is 0 Å². The Morgan fingerprint density at radius 3 is 2.19 bits per heavy atom. The summed E-state index contributed by atoms with van der Waals surface area (Å²) in [7, 11) is -3.61. The Morgan fingerprint density at radius 2 is 1.81 bits per heavy atom. The Hall–Kier alpha value is -0.870. The zero-order chi connectivity index (χ0) is 12.6. The van der Waals surface area contributed by atoms with Crippen molar-refractivity contribution in [1.29, 1.82) is 0 Å². The summed E-state index contributed by atoms with van der Waals surface area (Å²) in [5, 5.41) is 5.16. The molecule has 1 aromatic carbocycles. The van der Waals surface area contributed by atoms with Crippen LogP contribution >= 0.6 is 0 Å². The monoisotopic (exact) mass is 241 g/mol. The van der Waals surface area contributed by atoms with Gasteiger partial charge in [0.25, 0.3) is 0 Å². The topological polar surface area (TPSA) is 60.2 Å². The van der Waals surface area contributed by atoms with Crippen LogP contribution in [0, 0.1) is 0 Å². The van der Waals surface area contributed by atoms with Gasteiger partial charge in [0.1, 0.15) is 0 Å². The van der Waals surface area contributed by atoms with E-state index in [4.69, 9.17) is 5.14 Å². The lowest BCUT2D eigenvalue weighted by molar-refractivity contribution is 0.584. The molecule has 90 valence electrons. The smallest absolute Gasteiger partial charge is 0.225 e. The molecule has 0 spiro atoms. The quantitative estimate of drug-likeness (QED) is 0.862. The minimum absolute atomic E-state index is 0.0147. The summed E-state index contributed by atoms with van der Waals surface area (Å²) in [6.07, 6.45) is 0.662. The van der Waals surface area contributed by atoms with Crippen molar-refractivity contribution in [1.82, 2.24) is 0 Å². The highest BCUT2D eigenvalue weighted by Gasteiger charge is 2.18. The summed E-state index contributed by atoms with van der Waals surface area (Å²) < 4.78 is 22.7. The van der Waals surface area contributed by atoms with Crippen LogP contribution in [0.4, 0.5) is 0 Å². The average molecular weight is 241 g/mol. The van der Waals surface area contributed by atoms with Crippen LogP contribution in [0.1, 0.15) is 38.8 Å². The number of hydrogen-bond donors (Lipinski definition) is 1. The molecule has 1 rings (SSSR count). The van der Waals surface area contributed by atoms with Crippen LogP contribution in [-0.2, 0) is 21.9 Å². The van der Waals surface area contributed by atoms with Crippen LogP contribution in [-0.4, -0.2) is 8.42 Å². The summed E-state index contributed by atoms with van der Waals surface area (Å²) in [5.41, 5.74) is 1.92. The molecule has 0 saturated carbocycles. The van der Waals surface area contributed by atoms with E-state index in [0.717, 1.165) is 11.1 Å².